The van der Waals surface area contributed by atoms with Crippen LogP contribution in [0.5, 0.6) is 0 Å². The first-order valence-electron chi connectivity index (χ1n) is 6.79. The number of hydrogen-bond donors (Lipinski definition) is 2. The summed E-state index contributed by atoms with van der Waals surface area (Å²) in [6.07, 6.45) is 2.67. The summed E-state index contributed by atoms with van der Waals surface area (Å²) in [7, 11) is 3.98. The lowest BCUT2D eigenvalue weighted by atomic mass is 10.2. The second-order valence-electron chi connectivity index (χ2n) is 5.00. The molecule has 0 aliphatic heterocycles. The third-order valence-corrected chi connectivity index (χ3v) is 3.51. The quantitative estimate of drug-likeness (QED) is 0.798. The van der Waals surface area contributed by atoms with Crippen molar-refractivity contribution in [1.82, 2.24) is 15.2 Å². The Morgan fingerprint density at radius 3 is 2.80 bits per heavy atom. The van der Waals surface area contributed by atoms with E-state index in [1.165, 1.54) is 0 Å². The highest BCUT2D eigenvalue weighted by molar-refractivity contribution is 9.10. The summed E-state index contributed by atoms with van der Waals surface area (Å²) in [6, 6.07) is 2.08. The topological polar surface area (TPSA) is 57.3 Å². The third kappa shape index (κ3) is 5.09. The van der Waals surface area contributed by atoms with Gasteiger partial charge in [0.05, 0.1) is 5.56 Å². The van der Waals surface area contributed by atoms with Gasteiger partial charge in [-0.25, -0.2) is 4.98 Å². The van der Waals surface area contributed by atoms with Gasteiger partial charge in [0.15, 0.2) is 0 Å². The van der Waals surface area contributed by atoms with Gasteiger partial charge in [0.2, 0.25) is 0 Å². The van der Waals surface area contributed by atoms with Crippen LogP contribution in [0.3, 0.4) is 0 Å². The number of halogens is 1. The van der Waals surface area contributed by atoms with E-state index in [4.69, 9.17) is 0 Å². The molecule has 20 heavy (non-hydrogen) atoms. The molecular formula is C14H23BrN4O. The standard InChI is InChI=1S/C14H23BrN4O/c1-5-6-16-13-12(7-11(15)9-17-13)14(20)18-8-10(2)19(3)4/h7,9-10H,5-6,8H2,1-4H3,(H,16,17)(H,18,20). The Morgan fingerprint density at radius 2 is 2.20 bits per heavy atom. The number of hydrogen-bond acceptors (Lipinski definition) is 4. The van der Waals surface area contributed by atoms with Crippen molar-refractivity contribution in [1.29, 1.82) is 0 Å². The van der Waals surface area contributed by atoms with E-state index in [2.05, 4.69) is 50.3 Å². The first-order chi connectivity index (χ1) is 9.45. The number of nitrogens with zero attached hydrogens (tertiary/aromatic N) is 2. The largest absolute Gasteiger partial charge is 0.369 e. The summed E-state index contributed by atoms with van der Waals surface area (Å²) in [5.74, 6) is 0.524. The maximum absolute atomic E-state index is 12.3. The van der Waals surface area contributed by atoms with Crippen molar-refractivity contribution in [3.63, 3.8) is 0 Å². The fourth-order valence-electron chi connectivity index (χ4n) is 1.51. The molecule has 0 aliphatic rings. The molecule has 1 unspecified atom stereocenters. The zero-order valence-corrected chi connectivity index (χ0v) is 14.1. The van der Waals surface area contributed by atoms with Gasteiger partial charge >= 0.3 is 0 Å². The summed E-state index contributed by atoms with van der Waals surface area (Å²) in [4.78, 5) is 18.6. The second kappa shape index (κ2) is 8.21. The summed E-state index contributed by atoms with van der Waals surface area (Å²) >= 11 is 3.36. The first kappa shape index (κ1) is 16.9. The number of likely N-dealkylation sites (N-methyl/N-ethyl adjacent to an activating group) is 1. The number of aromatic nitrogens is 1. The molecule has 112 valence electrons. The van der Waals surface area contributed by atoms with Crippen LogP contribution >= 0.6 is 15.9 Å². The molecule has 0 fully saturated rings. The van der Waals surface area contributed by atoms with Crippen molar-refractivity contribution in [2.45, 2.75) is 26.3 Å². The summed E-state index contributed by atoms with van der Waals surface area (Å²) < 4.78 is 0.797. The minimum absolute atomic E-state index is 0.105. The molecule has 1 rings (SSSR count). The number of carbonyl (C=O) groups excluding carboxylic acids is 1. The van der Waals surface area contributed by atoms with Gasteiger partial charge in [-0.15, -0.1) is 0 Å². The van der Waals surface area contributed by atoms with Crippen molar-refractivity contribution in [2.24, 2.45) is 0 Å². The molecular weight excluding hydrogens is 320 g/mol. The molecule has 1 heterocycles. The monoisotopic (exact) mass is 342 g/mol. The SMILES string of the molecule is CCCNc1ncc(Br)cc1C(=O)NCC(C)N(C)C. The van der Waals surface area contributed by atoms with Crippen molar-refractivity contribution >= 4 is 27.7 Å². The van der Waals surface area contributed by atoms with Crippen LogP contribution in [-0.4, -0.2) is 49.0 Å². The summed E-state index contributed by atoms with van der Waals surface area (Å²) in [5.41, 5.74) is 0.568. The Morgan fingerprint density at radius 1 is 1.50 bits per heavy atom. The molecule has 0 saturated carbocycles. The number of amides is 1. The molecule has 0 aromatic carbocycles. The van der Waals surface area contributed by atoms with Gasteiger partial charge in [-0.3, -0.25) is 4.79 Å². The van der Waals surface area contributed by atoms with Gasteiger partial charge in [-0.05, 0) is 49.4 Å². The first-order valence-corrected chi connectivity index (χ1v) is 7.59. The maximum atomic E-state index is 12.3. The minimum Gasteiger partial charge on any atom is -0.369 e. The lowest BCUT2D eigenvalue weighted by Crippen LogP contribution is -2.38. The molecule has 0 radical (unpaired) electrons. The molecule has 1 atom stereocenters. The number of pyridine rings is 1. The molecule has 0 bridgehead atoms. The van der Waals surface area contributed by atoms with E-state index >= 15 is 0 Å². The fraction of sp³-hybridized carbons (Fsp3) is 0.571. The normalized spacial score (nSPS) is 12.3. The van der Waals surface area contributed by atoms with Crippen LogP contribution in [0.2, 0.25) is 0 Å². The van der Waals surface area contributed by atoms with E-state index in [0.717, 1.165) is 17.4 Å². The molecule has 0 saturated heterocycles. The molecule has 5 nitrogen and oxygen atoms in total. The second-order valence-corrected chi connectivity index (χ2v) is 5.91. The van der Waals surface area contributed by atoms with Crippen LogP contribution in [0.1, 0.15) is 30.6 Å². The molecule has 0 spiro atoms. The van der Waals surface area contributed by atoms with Gasteiger partial charge < -0.3 is 15.5 Å². The Labute approximate surface area is 129 Å². The Hall–Kier alpha value is -1.14. The zero-order chi connectivity index (χ0) is 15.1. The van der Waals surface area contributed by atoms with Gasteiger partial charge in [0.1, 0.15) is 5.82 Å². The Bertz CT molecular complexity index is 451. The van der Waals surface area contributed by atoms with E-state index in [1.807, 2.05) is 14.1 Å². The number of rotatable bonds is 7. The number of anilines is 1. The lowest BCUT2D eigenvalue weighted by Gasteiger charge is -2.20. The highest BCUT2D eigenvalue weighted by Gasteiger charge is 2.14. The predicted molar refractivity (Wildman–Crippen MR) is 86.2 cm³/mol. The van der Waals surface area contributed by atoms with E-state index in [0.29, 0.717) is 17.9 Å². The molecule has 1 aromatic heterocycles. The smallest absolute Gasteiger partial charge is 0.255 e. The molecule has 1 aromatic rings. The van der Waals surface area contributed by atoms with Crippen molar-refractivity contribution in [3.8, 4) is 0 Å². The Balaban J connectivity index is 2.77. The maximum Gasteiger partial charge on any atom is 0.255 e. The zero-order valence-electron chi connectivity index (χ0n) is 12.5. The van der Waals surface area contributed by atoms with Crippen LogP contribution in [0.15, 0.2) is 16.7 Å². The molecule has 2 N–H and O–H groups in total. The van der Waals surface area contributed by atoms with Gasteiger partial charge in [-0.2, -0.15) is 0 Å². The van der Waals surface area contributed by atoms with Crippen LogP contribution in [0, 0.1) is 0 Å². The highest BCUT2D eigenvalue weighted by atomic mass is 79.9. The van der Waals surface area contributed by atoms with Crippen molar-refractivity contribution in [3.05, 3.63) is 22.3 Å². The van der Waals surface area contributed by atoms with Gasteiger partial charge in [0, 0.05) is 29.8 Å². The third-order valence-electron chi connectivity index (χ3n) is 3.08. The molecule has 0 aliphatic carbocycles. The fourth-order valence-corrected chi connectivity index (χ4v) is 1.85. The predicted octanol–water partition coefficient (Wildman–Crippen LogP) is 2.35. The van der Waals surface area contributed by atoms with E-state index in [-0.39, 0.29) is 11.9 Å². The highest BCUT2D eigenvalue weighted by Crippen LogP contribution is 2.18. The van der Waals surface area contributed by atoms with E-state index in [1.54, 1.807) is 12.3 Å². The molecule has 1 amide bonds. The van der Waals surface area contributed by atoms with Crippen molar-refractivity contribution < 1.29 is 4.79 Å². The number of carbonyl (C=O) groups is 1. The van der Waals surface area contributed by atoms with E-state index in [9.17, 15) is 4.79 Å². The number of nitrogens with one attached hydrogen (secondary N) is 2. The lowest BCUT2D eigenvalue weighted by molar-refractivity contribution is 0.0944. The van der Waals surface area contributed by atoms with Gasteiger partial charge in [-0.1, -0.05) is 6.92 Å². The Kier molecular flexibility index (Phi) is 6.95. The average Bonchev–Trinajstić information content (AvgIpc) is 2.42. The average molecular weight is 343 g/mol. The van der Waals surface area contributed by atoms with Crippen LogP contribution in [0.25, 0.3) is 0 Å². The summed E-state index contributed by atoms with van der Waals surface area (Å²) in [6.45, 7) is 5.54. The van der Waals surface area contributed by atoms with Crippen LogP contribution in [-0.2, 0) is 0 Å². The van der Waals surface area contributed by atoms with Crippen LogP contribution < -0.4 is 10.6 Å². The summed E-state index contributed by atoms with van der Waals surface area (Å²) in [5, 5.41) is 6.12. The minimum atomic E-state index is -0.105. The van der Waals surface area contributed by atoms with Crippen molar-refractivity contribution in [2.75, 3.05) is 32.5 Å². The van der Waals surface area contributed by atoms with E-state index < -0.39 is 0 Å². The van der Waals surface area contributed by atoms with Crippen LogP contribution in [0.4, 0.5) is 5.82 Å². The molecule has 6 heteroatoms. The van der Waals surface area contributed by atoms with Gasteiger partial charge in [0.25, 0.3) is 5.91 Å².